The van der Waals surface area contributed by atoms with Crippen molar-refractivity contribution in [2.75, 3.05) is 27.8 Å². The van der Waals surface area contributed by atoms with Gasteiger partial charge in [-0.2, -0.15) is 0 Å². The van der Waals surface area contributed by atoms with Crippen LogP contribution in [0, 0.1) is 0 Å². The quantitative estimate of drug-likeness (QED) is 0.134. The van der Waals surface area contributed by atoms with E-state index in [1.807, 2.05) is 0 Å². The fraction of sp³-hybridized carbons (Fsp3) is 0.130. The number of rotatable bonds is 10. The minimum Gasteiger partial charge on any atom is -0.359 e. The molecule has 6 aromatic carbocycles. The molecule has 250 valence electrons. The smallest absolute Gasteiger partial charge is 0.148 e. The highest BCUT2D eigenvalue weighted by Gasteiger charge is 2.48. The Hall–Kier alpha value is -5.14. The van der Waals surface area contributed by atoms with Gasteiger partial charge >= 0.3 is 0 Å². The molecule has 2 aliphatic rings. The molecule has 0 N–H and O–H groups in total. The van der Waals surface area contributed by atoms with Gasteiger partial charge < -0.3 is 18.9 Å². The molecular formula is C46H36O4S. The summed E-state index contributed by atoms with van der Waals surface area (Å²) in [5.74, 6) is 0. The molecule has 0 fully saturated rings. The maximum atomic E-state index is 6.89. The normalized spacial score (nSPS) is 14.5. The lowest BCUT2D eigenvalue weighted by Crippen LogP contribution is -2.32. The lowest BCUT2D eigenvalue weighted by atomic mass is 9.81. The summed E-state index contributed by atoms with van der Waals surface area (Å²) in [5.41, 5.74) is 11.9. The topological polar surface area (TPSA) is 36.9 Å². The zero-order valence-corrected chi connectivity index (χ0v) is 29.3. The fourth-order valence-electron chi connectivity index (χ4n) is 8.37. The fourth-order valence-corrected chi connectivity index (χ4v) is 9.45. The van der Waals surface area contributed by atoms with E-state index in [0.717, 1.165) is 54.3 Å². The molecule has 0 atom stereocenters. The average Bonchev–Trinajstić information content (AvgIpc) is 3.88. The monoisotopic (exact) mass is 684 g/mol. The summed E-state index contributed by atoms with van der Waals surface area (Å²) in [7, 11) is 3.36. The van der Waals surface area contributed by atoms with Crippen LogP contribution in [0.5, 0.6) is 0 Å². The summed E-state index contributed by atoms with van der Waals surface area (Å²) in [6.07, 6.45) is 0. The Labute approximate surface area is 302 Å². The van der Waals surface area contributed by atoms with Gasteiger partial charge in [-0.1, -0.05) is 146 Å². The van der Waals surface area contributed by atoms with Gasteiger partial charge in [-0.25, -0.2) is 0 Å². The molecule has 9 rings (SSSR count). The first kappa shape index (κ1) is 31.8. The predicted molar refractivity (Wildman–Crippen MR) is 205 cm³/mol. The van der Waals surface area contributed by atoms with Crippen LogP contribution in [0.4, 0.5) is 0 Å². The molecule has 1 aromatic heterocycles. The van der Waals surface area contributed by atoms with Crippen molar-refractivity contribution in [2.24, 2.45) is 0 Å². The first-order chi connectivity index (χ1) is 25.2. The number of methoxy groups -OCH3 is 2. The predicted octanol–water partition coefficient (Wildman–Crippen LogP) is 10.9. The second kappa shape index (κ2) is 12.9. The van der Waals surface area contributed by atoms with E-state index in [1.165, 1.54) is 22.3 Å². The van der Waals surface area contributed by atoms with Crippen molar-refractivity contribution in [1.29, 1.82) is 0 Å². The zero-order chi connectivity index (χ0) is 34.4. The molecule has 5 heteroatoms. The summed E-state index contributed by atoms with van der Waals surface area (Å²) in [5, 5.41) is 0. The van der Waals surface area contributed by atoms with Crippen molar-refractivity contribution in [1.82, 2.24) is 0 Å². The summed E-state index contributed by atoms with van der Waals surface area (Å²) >= 11 is 1.78. The van der Waals surface area contributed by atoms with Crippen molar-refractivity contribution < 1.29 is 18.9 Å². The highest BCUT2D eigenvalue weighted by Crippen LogP contribution is 2.57. The Kier molecular flexibility index (Phi) is 8.03. The maximum Gasteiger partial charge on any atom is 0.148 e. The first-order valence-corrected chi connectivity index (χ1v) is 18.0. The lowest BCUT2D eigenvalue weighted by molar-refractivity contribution is -0.0951. The van der Waals surface area contributed by atoms with Crippen molar-refractivity contribution in [3.63, 3.8) is 0 Å². The van der Waals surface area contributed by atoms with Gasteiger partial charge in [0.2, 0.25) is 0 Å². The third-order valence-corrected chi connectivity index (χ3v) is 11.5. The number of ether oxygens (including phenoxy) is 4. The summed E-state index contributed by atoms with van der Waals surface area (Å²) in [6.45, 7) is 0.291. The summed E-state index contributed by atoms with van der Waals surface area (Å²) < 4.78 is 25.0. The van der Waals surface area contributed by atoms with Crippen LogP contribution in [0.1, 0.15) is 33.4 Å². The van der Waals surface area contributed by atoms with Crippen LogP contribution in [0.2, 0.25) is 0 Å². The molecule has 0 radical (unpaired) electrons. The number of hydrogen-bond donors (Lipinski definition) is 0. The van der Waals surface area contributed by atoms with Crippen molar-refractivity contribution >= 4 is 11.3 Å². The van der Waals surface area contributed by atoms with Gasteiger partial charge in [-0.3, -0.25) is 0 Å². The molecule has 7 aromatic rings. The average molecular weight is 685 g/mol. The number of benzene rings is 6. The number of fused-ring (bicyclic) bond motifs is 6. The Bertz CT molecular complexity index is 2130. The molecular weight excluding hydrogens is 649 g/mol. The lowest BCUT2D eigenvalue weighted by Gasteiger charge is -2.34. The molecule has 0 bridgehead atoms. The molecule has 51 heavy (non-hydrogen) atoms. The van der Waals surface area contributed by atoms with Crippen molar-refractivity contribution in [3.8, 4) is 43.1 Å². The van der Waals surface area contributed by atoms with Crippen molar-refractivity contribution in [3.05, 3.63) is 191 Å². The van der Waals surface area contributed by atoms with E-state index in [4.69, 9.17) is 18.9 Å². The van der Waals surface area contributed by atoms with Gasteiger partial charge in [0.05, 0.1) is 0 Å². The van der Waals surface area contributed by atoms with E-state index in [1.54, 1.807) is 25.6 Å². The van der Waals surface area contributed by atoms with Crippen LogP contribution in [-0.2, 0) is 30.1 Å². The molecule has 0 aliphatic heterocycles. The van der Waals surface area contributed by atoms with Crippen molar-refractivity contribution in [2.45, 2.75) is 11.2 Å². The van der Waals surface area contributed by atoms with Crippen LogP contribution in [-0.4, -0.2) is 27.8 Å². The molecule has 4 nitrogen and oxygen atoms in total. The first-order valence-electron chi connectivity index (χ1n) is 17.2. The van der Waals surface area contributed by atoms with Gasteiger partial charge in [0.1, 0.15) is 24.8 Å². The SMILES string of the molecule is COCOC1(c2ccccc2-c2ccc(-c3ccccc3C3(OCOC)c4ccccc4-c4ccccc43)s2)c2ccccc2-c2ccccc21. The largest absolute Gasteiger partial charge is 0.359 e. The van der Waals surface area contributed by atoms with E-state index in [0.29, 0.717) is 0 Å². The third-order valence-electron chi connectivity index (χ3n) is 10.3. The summed E-state index contributed by atoms with van der Waals surface area (Å²) in [4.78, 5) is 2.30. The van der Waals surface area contributed by atoms with Gasteiger partial charge in [0, 0.05) is 57.4 Å². The second-order valence-corrected chi connectivity index (χ2v) is 14.0. The third kappa shape index (κ3) is 4.74. The standard InChI is InChI=1S/C46H36O4S/c1-47-29-49-45(37-21-9-3-15-31(37)32-16-4-10-22-38(32)45)41-25-13-7-19-35(41)43-27-28-44(51-43)36-20-8-14-26-42(36)46(50-30-48-2)39-23-11-5-17-33(39)34-18-6-12-24-40(34)46/h3-28H,29-30H2,1-2H3. The van der Waals surface area contributed by atoms with Gasteiger partial charge in [0.25, 0.3) is 0 Å². The van der Waals surface area contributed by atoms with Crippen LogP contribution in [0.25, 0.3) is 43.1 Å². The van der Waals surface area contributed by atoms with E-state index < -0.39 is 11.2 Å². The van der Waals surface area contributed by atoms with E-state index in [-0.39, 0.29) is 13.6 Å². The molecule has 1 heterocycles. The highest BCUT2D eigenvalue weighted by molar-refractivity contribution is 7.18. The zero-order valence-electron chi connectivity index (χ0n) is 28.5. The summed E-state index contributed by atoms with van der Waals surface area (Å²) in [6, 6.07) is 56.1. The second-order valence-electron chi connectivity index (χ2n) is 12.9. The van der Waals surface area contributed by atoms with E-state index in [2.05, 4.69) is 158 Å². The molecule has 0 saturated heterocycles. The number of hydrogen-bond acceptors (Lipinski definition) is 5. The van der Waals surface area contributed by atoms with Gasteiger partial charge in [-0.15, -0.1) is 11.3 Å². The minimum absolute atomic E-state index is 0.145. The molecule has 2 aliphatic carbocycles. The van der Waals surface area contributed by atoms with Crippen LogP contribution < -0.4 is 0 Å². The number of thiophene rings is 1. The maximum absolute atomic E-state index is 6.89. The Balaban J connectivity index is 1.23. The van der Waals surface area contributed by atoms with Gasteiger partial charge in [-0.05, 0) is 45.5 Å². The Morgan fingerprint density at radius 2 is 0.608 bits per heavy atom. The van der Waals surface area contributed by atoms with Crippen LogP contribution in [0.15, 0.2) is 158 Å². The van der Waals surface area contributed by atoms with Gasteiger partial charge in [0.15, 0.2) is 0 Å². The Morgan fingerprint density at radius 3 is 0.902 bits per heavy atom. The molecule has 0 saturated carbocycles. The van der Waals surface area contributed by atoms with Crippen LogP contribution in [0.3, 0.4) is 0 Å². The van der Waals surface area contributed by atoms with E-state index >= 15 is 0 Å². The molecule has 0 amide bonds. The van der Waals surface area contributed by atoms with E-state index in [9.17, 15) is 0 Å². The molecule has 0 spiro atoms. The van der Waals surface area contributed by atoms with Crippen LogP contribution >= 0.6 is 11.3 Å². The Morgan fingerprint density at radius 1 is 0.353 bits per heavy atom. The highest BCUT2D eigenvalue weighted by atomic mass is 32.1. The molecule has 0 unspecified atom stereocenters. The minimum atomic E-state index is -0.850.